The number of primary amides is 1. The summed E-state index contributed by atoms with van der Waals surface area (Å²) in [5, 5.41) is 21.2. The van der Waals surface area contributed by atoms with Crippen LogP contribution in [0.4, 0.5) is 5.69 Å². The smallest absolute Gasteiger partial charge is 0.248 e. The summed E-state index contributed by atoms with van der Waals surface area (Å²) in [6.45, 7) is 2.32. The van der Waals surface area contributed by atoms with Gasteiger partial charge in [-0.2, -0.15) is 5.26 Å². The second-order valence-corrected chi connectivity index (χ2v) is 5.28. The molecule has 0 aliphatic heterocycles. The van der Waals surface area contributed by atoms with Crippen molar-refractivity contribution in [1.29, 1.82) is 5.26 Å². The molecular formula is C18H19N3O2. The molecule has 0 heterocycles. The van der Waals surface area contributed by atoms with Crippen LogP contribution in [-0.2, 0) is 6.42 Å². The number of aryl methyl sites for hydroxylation is 1. The molecule has 5 heteroatoms. The Kier molecular flexibility index (Phi) is 5.34. The van der Waals surface area contributed by atoms with Crippen LogP contribution in [0.15, 0.2) is 36.4 Å². The Labute approximate surface area is 135 Å². The van der Waals surface area contributed by atoms with Crippen LogP contribution in [0.2, 0.25) is 0 Å². The first kappa shape index (κ1) is 16.5. The Morgan fingerprint density at radius 3 is 2.78 bits per heavy atom. The number of nitrogens with two attached hydrogens (primary N) is 1. The van der Waals surface area contributed by atoms with Gasteiger partial charge in [-0.3, -0.25) is 4.79 Å². The van der Waals surface area contributed by atoms with Crippen LogP contribution in [0.3, 0.4) is 0 Å². The third-order valence-electron chi connectivity index (χ3n) is 3.71. The van der Waals surface area contributed by atoms with Crippen LogP contribution in [0.25, 0.3) is 0 Å². The number of carbonyl (C=O) groups excluding carboxylic acids is 1. The zero-order valence-electron chi connectivity index (χ0n) is 13.0. The molecule has 5 nitrogen and oxygen atoms in total. The van der Waals surface area contributed by atoms with Gasteiger partial charge in [-0.25, -0.2) is 0 Å². The second kappa shape index (κ2) is 7.43. The molecule has 118 valence electrons. The van der Waals surface area contributed by atoms with Crippen molar-refractivity contribution in [2.45, 2.75) is 13.3 Å². The highest BCUT2D eigenvalue weighted by Crippen LogP contribution is 2.24. The lowest BCUT2D eigenvalue weighted by molar-refractivity contribution is 0.0999. The van der Waals surface area contributed by atoms with Crippen molar-refractivity contribution in [2.75, 3.05) is 18.5 Å². The minimum atomic E-state index is -0.456. The van der Waals surface area contributed by atoms with Crippen LogP contribution in [0, 0.1) is 18.3 Å². The summed E-state index contributed by atoms with van der Waals surface area (Å²) >= 11 is 0. The van der Waals surface area contributed by atoms with Gasteiger partial charge in [-0.1, -0.05) is 18.2 Å². The normalized spacial score (nSPS) is 10.1. The standard InChI is InChI=1S/C18H19N3O2/c1-12-3-2-4-15(18(20)23)16(12)10-14-6-5-13(11-19)9-17(14)21-7-8-22/h2-6,9,21-22H,7-8,10H2,1H3,(H2,20,23). The maximum Gasteiger partial charge on any atom is 0.248 e. The molecule has 0 radical (unpaired) electrons. The summed E-state index contributed by atoms with van der Waals surface area (Å²) in [4.78, 5) is 11.7. The minimum absolute atomic E-state index is 0.00682. The summed E-state index contributed by atoms with van der Waals surface area (Å²) in [6.07, 6.45) is 0.518. The number of aliphatic hydroxyl groups is 1. The minimum Gasteiger partial charge on any atom is -0.395 e. The Morgan fingerprint density at radius 2 is 2.13 bits per heavy atom. The highest BCUT2D eigenvalue weighted by molar-refractivity contribution is 5.94. The van der Waals surface area contributed by atoms with Crippen LogP contribution < -0.4 is 11.1 Å². The number of benzene rings is 2. The highest BCUT2D eigenvalue weighted by atomic mass is 16.3. The monoisotopic (exact) mass is 309 g/mol. The molecule has 2 aromatic carbocycles. The first-order chi connectivity index (χ1) is 11.1. The van der Waals surface area contributed by atoms with Gasteiger partial charge in [0.05, 0.1) is 18.2 Å². The number of nitrogens with one attached hydrogen (secondary N) is 1. The van der Waals surface area contributed by atoms with Gasteiger partial charge in [0.2, 0.25) is 5.91 Å². The van der Waals surface area contributed by atoms with Crippen molar-refractivity contribution in [3.8, 4) is 6.07 Å². The van der Waals surface area contributed by atoms with Crippen molar-refractivity contribution in [3.63, 3.8) is 0 Å². The number of hydrogen-bond acceptors (Lipinski definition) is 4. The number of hydrogen-bond donors (Lipinski definition) is 3. The van der Waals surface area contributed by atoms with E-state index in [0.29, 0.717) is 24.1 Å². The lowest BCUT2D eigenvalue weighted by Crippen LogP contribution is -2.15. The summed E-state index contributed by atoms with van der Waals surface area (Å²) in [5.41, 5.74) is 10.1. The summed E-state index contributed by atoms with van der Waals surface area (Å²) in [6, 6.07) is 12.9. The fourth-order valence-corrected chi connectivity index (χ4v) is 2.51. The van der Waals surface area contributed by atoms with Gasteiger partial charge < -0.3 is 16.2 Å². The number of rotatable bonds is 6. The fraction of sp³-hybridized carbons (Fsp3) is 0.222. The molecule has 0 saturated carbocycles. The highest BCUT2D eigenvalue weighted by Gasteiger charge is 2.13. The van der Waals surface area contributed by atoms with E-state index in [0.717, 1.165) is 22.4 Å². The molecule has 0 aliphatic rings. The molecule has 0 aliphatic carbocycles. The molecule has 4 N–H and O–H groups in total. The summed E-state index contributed by atoms with van der Waals surface area (Å²) < 4.78 is 0. The van der Waals surface area contributed by atoms with Gasteiger partial charge in [0.15, 0.2) is 0 Å². The van der Waals surface area contributed by atoms with E-state index >= 15 is 0 Å². The molecule has 1 amide bonds. The molecule has 0 atom stereocenters. The van der Waals surface area contributed by atoms with Crippen molar-refractivity contribution >= 4 is 11.6 Å². The van der Waals surface area contributed by atoms with E-state index in [2.05, 4.69) is 11.4 Å². The van der Waals surface area contributed by atoms with E-state index in [1.807, 2.05) is 25.1 Å². The molecule has 0 spiro atoms. The van der Waals surface area contributed by atoms with Crippen molar-refractivity contribution in [1.82, 2.24) is 0 Å². The number of anilines is 1. The van der Waals surface area contributed by atoms with Gasteiger partial charge in [-0.05, 0) is 41.8 Å². The second-order valence-electron chi connectivity index (χ2n) is 5.28. The van der Waals surface area contributed by atoms with E-state index in [1.54, 1.807) is 18.2 Å². The lowest BCUT2D eigenvalue weighted by Gasteiger charge is -2.15. The number of nitrogens with zero attached hydrogens (tertiary/aromatic N) is 1. The van der Waals surface area contributed by atoms with Crippen LogP contribution in [0.1, 0.15) is 32.6 Å². The molecular weight excluding hydrogens is 290 g/mol. The van der Waals surface area contributed by atoms with Crippen LogP contribution in [-0.4, -0.2) is 24.2 Å². The third kappa shape index (κ3) is 3.87. The quantitative estimate of drug-likeness (QED) is 0.759. The molecule has 0 unspecified atom stereocenters. The molecule has 0 fully saturated rings. The lowest BCUT2D eigenvalue weighted by atomic mass is 9.93. The van der Waals surface area contributed by atoms with E-state index in [4.69, 9.17) is 16.1 Å². The first-order valence-corrected chi connectivity index (χ1v) is 7.33. The molecule has 2 rings (SSSR count). The topological polar surface area (TPSA) is 99.1 Å². The molecule has 0 aromatic heterocycles. The Hall–Kier alpha value is -2.84. The number of carbonyl (C=O) groups is 1. The molecule has 0 bridgehead atoms. The van der Waals surface area contributed by atoms with E-state index in [-0.39, 0.29) is 6.61 Å². The zero-order valence-corrected chi connectivity index (χ0v) is 13.0. The van der Waals surface area contributed by atoms with E-state index in [9.17, 15) is 4.79 Å². The van der Waals surface area contributed by atoms with Crippen LogP contribution in [0.5, 0.6) is 0 Å². The van der Waals surface area contributed by atoms with E-state index < -0.39 is 5.91 Å². The number of amides is 1. The average Bonchev–Trinajstić information content (AvgIpc) is 2.55. The third-order valence-corrected chi connectivity index (χ3v) is 3.71. The van der Waals surface area contributed by atoms with Gasteiger partial charge in [-0.15, -0.1) is 0 Å². The predicted octanol–water partition coefficient (Wildman–Crippen LogP) is 1.96. The first-order valence-electron chi connectivity index (χ1n) is 7.33. The Balaban J connectivity index is 2.44. The van der Waals surface area contributed by atoms with E-state index in [1.165, 1.54) is 0 Å². The number of nitriles is 1. The maximum atomic E-state index is 11.7. The molecule has 0 saturated heterocycles. The number of aliphatic hydroxyl groups excluding tert-OH is 1. The summed E-state index contributed by atoms with van der Waals surface area (Å²) in [5.74, 6) is -0.456. The molecule has 2 aromatic rings. The zero-order chi connectivity index (χ0) is 16.8. The van der Waals surface area contributed by atoms with Gasteiger partial charge >= 0.3 is 0 Å². The Bertz CT molecular complexity index is 763. The van der Waals surface area contributed by atoms with Crippen molar-refractivity contribution in [3.05, 3.63) is 64.2 Å². The summed E-state index contributed by atoms with van der Waals surface area (Å²) in [7, 11) is 0. The van der Waals surface area contributed by atoms with Gasteiger partial charge in [0, 0.05) is 24.2 Å². The predicted molar refractivity (Wildman–Crippen MR) is 89.2 cm³/mol. The fourth-order valence-electron chi connectivity index (χ4n) is 2.51. The van der Waals surface area contributed by atoms with Gasteiger partial charge in [0.1, 0.15) is 0 Å². The maximum absolute atomic E-state index is 11.7. The molecule has 23 heavy (non-hydrogen) atoms. The Morgan fingerprint density at radius 1 is 1.35 bits per heavy atom. The van der Waals surface area contributed by atoms with Crippen molar-refractivity contribution < 1.29 is 9.90 Å². The SMILES string of the molecule is Cc1cccc(C(N)=O)c1Cc1ccc(C#N)cc1NCCO. The van der Waals surface area contributed by atoms with Gasteiger partial charge in [0.25, 0.3) is 0 Å². The largest absolute Gasteiger partial charge is 0.395 e. The average molecular weight is 309 g/mol. The van der Waals surface area contributed by atoms with Crippen molar-refractivity contribution in [2.24, 2.45) is 5.73 Å². The van der Waals surface area contributed by atoms with Crippen LogP contribution >= 0.6 is 0 Å².